The third kappa shape index (κ3) is 2.73. The first-order chi connectivity index (χ1) is 9.76. The van der Waals surface area contributed by atoms with Crippen LogP contribution >= 0.6 is 0 Å². The lowest BCUT2D eigenvalue weighted by atomic mass is 10.3. The quantitative estimate of drug-likeness (QED) is 0.799. The molecule has 0 amide bonds. The van der Waals surface area contributed by atoms with Gasteiger partial charge in [-0.1, -0.05) is 0 Å². The number of hydrogen-bond acceptors (Lipinski definition) is 5. The Morgan fingerprint density at radius 3 is 2.95 bits per heavy atom. The fourth-order valence-corrected chi connectivity index (χ4v) is 2.51. The molecule has 2 aromatic heterocycles. The smallest absolute Gasteiger partial charge is 0.159 e. The van der Waals surface area contributed by atoms with Crippen LogP contribution < -0.4 is 0 Å². The summed E-state index contributed by atoms with van der Waals surface area (Å²) in [6.45, 7) is 6.89. The molecule has 1 aliphatic rings. The molecule has 7 nitrogen and oxygen atoms in total. The summed E-state index contributed by atoms with van der Waals surface area (Å²) in [6.07, 6.45) is 3.97. The zero-order valence-corrected chi connectivity index (χ0v) is 12.0. The van der Waals surface area contributed by atoms with Crippen molar-refractivity contribution in [3.05, 3.63) is 29.6 Å². The molecule has 108 valence electrons. The standard InChI is InChI=1S/C13H20N6O/c1-3-20-10-13-16-15-12-9-18(4-5-19(12)13)8-11-6-14-17(2)7-11/h6-7H,3-5,8-10H2,1-2H3. The van der Waals surface area contributed by atoms with Crippen LogP contribution in [0.2, 0.25) is 0 Å². The molecule has 0 fully saturated rings. The van der Waals surface area contributed by atoms with E-state index in [0.29, 0.717) is 13.2 Å². The summed E-state index contributed by atoms with van der Waals surface area (Å²) >= 11 is 0. The maximum atomic E-state index is 5.42. The van der Waals surface area contributed by atoms with Gasteiger partial charge >= 0.3 is 0 Å². The number of aryl methyl sites for hydroxylation is 1. The van der Waals surface area contributed by atoms with Gasteiger partial charge in [0.15, 0.2) is 5.82 Å². The summed E-state index contributed by atoms with van der Waals surface area (Å²) in [5.74, 6) is 1.96. The third-order valence-electron chi connectivity index (χ3n) is 3.51. The van der Waals surface area contributed by atoms with E-state index in [2.05, 4.69) is 31.0 Å². The highest BCUT2D eigenvalue weighted by molar-refractivity contribution is 5.05. The van der Waals surface area contributed by atoms with Gasteiger partial charge < -0.3 is 9.30 Å². The van der Waals surface area contributed by atoms with Crippen molar-refractivity contribution in [2.75, 3.05) is 13.2 Å². The largest absolute Gasteiger partial charge is 0.374 e. The van der Waals surface area contributed by atoms with Crippen molar-refractivity contribution < 1.29 is 4.74 Å². The van der Waals surface area contributed by atoms with Crippen LogP contribution in [0.4, 0.5) is 0 Å². The molecule has 0 N–H and O–H groups in total. The highest BCUT2D eigenvalue weighted by Gasteiger charge is 2.21. The van der Waals surface area contributed by atoms with Gasteiger partial charge in [-0.15, -0.1) is 10.2 Å². The SMILES string of the molecule is CCOCc1nnc2n1CCN(Cc1cnn(C)c1)C2. The van der Waals surface area contributed by atoms with E-state index < -0.39 is 0 Å². The Labute approximate surface area is 118 Å². The van der Waals surface area contributed by atoms with Crippen molar-refractivity contribution in [2.45, 2.75) is 33.2 Å². The average Bonchev–Trinajstić information content (AvgIpc) is 3.03. The minimum atomic E-state index is 0.548. The van der Waals surface area contributed by atoms with Crippen molar-refractivity contribution in [3.8, 4) is 0 Å². The Hall–Kier alpha value is -1.73. The third-order valence-corrected chi connectivity index (χ3v) is 3.51. The normalized spacial score (nSPS) is 15.5. The number of fused-ring (bicyclic) bond motifs is 1. The molecule has 7 heteroatoms. The fourth-order valence-electron chi connectivity index (χ4n) is 2.51. The Bertz CT molecular complexity index is 575. The number of hydrogen-bond donors (Lipinski definition) is 0. The second kappa shape index (κ2) is 5.72. The van der Waals surface area contributed by atoms with Crippen LogP contribution in [0.5, 0.6) is 0 Å². The maximum absolute atomic E-state index is 5.42. The first-order valence-corrected chi connectivity index (χ1v) is 6.95. The van der Waals surface area contributed by atoms with Crippen LogP contribution in [-0.2, 0) is 38.0 Å². The number of nitrogens with zero attached hydrogens (tertiary/aromatic N) is 6. The van der Waals surface area contributed by atoms with Gasteiger partial charge in [0.2, 0.25) is 0 Å². The first-order valence-electron chi connectivity index (χ1n) is 6.95. The van der Waals surface area contributed by atoms with E-state index in [1.54, 1.807) is 0 Å². The van der Waals surface area contributed by atoms with Crippen LogP contribution in [0.15, 0.2) is 12.4 Å². The van der Waals surface area contributed by atoms with Gasteiger partial charge in [0.1, 0.15) is 12.4 Å². The molecule has 3 heterocycles. The van der Waals surface area contributed by atoms with Crippen LogP contribution in [0.1, 0.15) is 24.1 Å². The number of ether oxygens (including phenoxy) is 1. The Morgan fingerprint density at radius 2 is 2.20 bits per heavy atom. The highest BCUT2D eigenvalue weighted by Crippen LogP contribution is 2.15. The van der Waals surface area contributed by atoms with Crippen LogP contribution in [-0.4, -0.2) is 42.6 Å². The van der Waals surface area contributed by atoms with Crippen LogP contribution in [0.25, 0.3) is 0 Å². The molecular weight excluding hydrogens is 256 g/mol. The van der Waals surface area contributed by atoms with Gasteiger partial charge in [0.25, 0.3) is 0 Å². The minimum Gasteiger partial charge on any atom is -0.374 e. The van der Waals surface area contributed by atoms with Gasteiger partial charge in [0.05, 0.1) is 12.7 Å². The van der Waals surface area contributed by atoms with Gasteiger partial charge in [0, 0.05) is 45.0 Å². The second-order valence-corrected chi connectivity index (χ2v) is 5.05. The molecule has 3 rings (SSSR count). The predicted molar refractivity (Wildman–Crippen MR) is 72.7 cm³/mol. The lowest BCUT2D eigenvalue weighted by Gasteiger charge is -2.27. The predicted octanol–water partition coefficient (Wildman–Crippen LogP) is 0.564. The van der Waals surface area contributed by atoms with Crippen LogP contribution in [0.3, 0.4) is 0 Å². The van der Waals surface area contributed by atoms with Gasteiger partial charge in [-0.2, -0.15) is 5.10 Å². The summed E-state index contributed by atoms with van der Waals surface area (Å²) in [7, 11) is 1.94. The summed E-state index contributed by atoms with van der Waals surface area (Å²) < 4.78 is 9.43. The molecule has 2 aromatic rings. The Morgan fingerprint density at radius 1 is 1.30 bits per heavy atom. The van der Waals surface area contributed by atoms with Gasteiger partial charge in [-0.25, -0.2) is 0 Å². The Kier molecular flexibility index (Phi) is 3.79. The van der Waals surface area contributed by atoms with E-state index in [9.17, 15) is 0 Å². The lowest BCUT2D eigenvalue weighted by Crippen LogP contribution is -2.34. The summed E-state index contributed by atoms with van der Waals surface area (Å²) in [5, 5.41) is 12.7. The lowest BCUT2D eigenvalue weighted by molar-refractivity contribution is 0.122. The van der Waals surface area contributed by atoms with Crippen molar-refractivity contribution >= 4 is 0 Å². The maximum Gasteiger partial charge on any atom is 0.159 e. The highest BCUT2D eigenvalue weighted by atomic mass is 16.5. The van der Waals surface area contributed by atoms with Gasteiger partial charge in [-0.05, 0) is 6.92 Å². The molecule has 0 unspecified atom stereocenters. The molecule has 1 aliphatic heterocycles. The van der Waals surface area contributed by atoms with Crippen LogP contribution in [0, 0.1) is 0 Å². The molecule has 20 heavy (non-hydrogen) atoms. The molecule has 0 saturated heterocycles. The van der Waals surface area contributed by atoms with E-state index >= 15 is 0 Å². The van der Waals surface area contributed by atoms with E-state index in [0.717, 1.165) is 37.8 Å². The molecule has 0 bridgehead atoms. The minimum absolute atomic E-state index is 0.548. The molecule has 0 aliphatic carbocycles. The van der Waals surface area contributed by atoms with E-state index in [-0.39, 0.29) is 0 Å². The number of aromatic nitrogens is 5. The number of rotatable bonds is 5. The average molecular weight is 276 g/mol. The fraction of sp³-hybridized carbons (Fsp3) is 0.615. The monoisotopic (exact) mass is 276 g/mol. The molecule has 0 spiro atoms. The summed E-state index contributed by atoms with van der Waals surface area (Å²) in [6, 6.07) is 0. The zero-order valence-electron chi connectivity index (χ0n) is 12.0. The Balaban J connectivity index is 1.65. The topological polar surface area (TPSA) is 61.0 Å². The van der Waals surface area contributed by atoms with Crippen molar-refractivity contribution in [2.24, 2.45) is 7.05 Å². The van der Waals surface area contributed by atoms with Crippen molar-refractivity contribution in [1.29, 1.82) is 0 Å². The second-order valence-electron chi connectivity index (χ2n) is 5.05. The summed E-state index contributed by atoms with van der Waals surface area (Å²) in [5.41, 5.74) is 1.23. The molecule has 0 aromatic carbocycles. The summed E-state index contributed by atoms with van der Waals surface area (Å²) in [4.78, 5) is 2.37. The first kappa shape index (κ1) is 13.3. The van der Waals surface area contributed by atoms with E-state index in [1.165, 1.54) is 5.56 Å². The molecular formula is C13H20N6O. The van der Waals surface area contributed by atoms with E-state index in [4.69, 9.17) is 4.74 Å². The van der Waals surface area contributed by atoms with Crippen molar-refractivity contribution in [1.82, 2.24) is 29.4 Å². The van der Waals surface area contributed by atoms with Gasteiger partial charge in [-0.3, -0.25) is 9.58 Å². The molecule has 0 saturated carbocycles. The zero-order chi connectivity index (χ0) is 13.9. The van der Waals surface area contributed by atoms with Crippen molar-refractivity contribution in [3.63, 3.8) is 0 Å². The molecule has 0 atom stereocenters. The van der Waals surface area contributed by atoms with E-state index in [1.807, 2.05) is 24.9 Å². The molecule has 0 radical (unpaired) electrons.